The largest absolute Gasteiger partial charge is 0.492 e. The molecule has 6 heteroatoms. The van der Waals surface area contributed by atoms with Crippen molar-refractivity contribution in [2.45, 2.75) is 53.4 Å². The van der Waals surface area contributed by atoms with E-state index in [-0.39, 0.29) is 0 Å². The van der Waals surface area contributed by atoms with Crippen LogP contribution in [0.2, 0.25) is 0 Å². The van der Waals surface area contributed by atoms with E-state index >= 15 is 0 Å². The van der Waals surface area contributed by atoms with Crippen LogP contribution in [0, 0.1) is 11.8 Å². The Morgan fingerprint density at radius 2 is 0.844 bits per heavy atom. The zero-order valence-electron chi connectivity index (χ0n) is 19.4. The fraction of sp³-hybridized carbons (Fsp3) is 0.462. The van der Waals surface area contributed by atoms with E-state index in [4.69, 9.17) is 18.9 Å². The van der Waals surface area contributed by atoms with Gasteiger partial charge in [0.2, 0.25) is 0 Å². The first-order valence-corrected chi connectivity index (χ1v) is 12.8. The van der Waals surface area contributed by atoms with Crippen LogP contribution in [0.3, 0.4) is 0 Å². The molecule has 0 N–H and O–H groups in total. The minimum absolute atomic E-state index is 0.619. The smallest absolute Gasteiger partial charge is 0.136 e. The zero-order chi connectivity index (χ0) is 23.3. The van der Waals surface area contributed by atoms with Crippen LogP contribution < -0.4 is 18.9 Å². The Kier molecular flexibility index (Phi) is 11.8. The normalized spacial score (nSPS) is 10.3. The van der Waals surface area contributed by atoms with Crippen LogP contribution >= 0.6 is 31.9 Å². The first-order chi connectivity index (χ1) is 15.5. The third-order valence-corrected chi connectivity index (χ3v) is 5.49. The highest BCUT2D eigenvalue weighted by molar-refractivity contribution is 9.10. The van der Waals surface area contributed by atoms with Crippen LogP contribution in [0.4, 0.5) is 0 Å². The molecule has 0 aliphatic carbocycles. The molecule has 0 saturated heterocycles. The van der Waals surface area contributed by atoms with E-state index in [1.54, 1.807) is 0 Å². The van der Waals surface area contributed by atoms with Crippen molar-refractivity contribution < 1.29 is 18.9 Å². The molecule has 0 saturated carbocycles. The summed E-state index contributed by atoms with van der Waals surface area (Å²) in [6.07, 6.45) is 3.69. The van der Waals surface area contributed by atoms with Gasteiger partial charge in [0.05, 0.1) is 46.5 Å². The number of ether oxygens (including phenoxy) is 4. The molecule has 0 unspecified atom stereocenters. The first-order valence-electron chi connectivity index (χ1n) is 11.2. The van der Waals surface area contributed by atoms with Crippen molar-refractivity contribution in [3.05, 3.63) is 44.3 Å². The molecule has 2 aromatic rings. The topological polar surface area (TPSA) is 36.9 Å². The van der Waals surface area contributed by atoms with E-state index in [9.17, 15) is 0 Å². The zero-order valence-corrected chi connectivity index (χ0v) is 22.5. The molecule has 0 atom stereocenters. The maximum atomic E-state index is 5.95. The summed E-state index contributed by atoms with van der Waals surface area (Å²) in [4.78, 5) is 0. The molecule has 0 aliphatic rings. The summed E-state index contributed by atoms with van der Waals surface area (Å²) < 4.78 is 25.4. The summed E-state index contributed by atoms with van der Waals surface area (Å²) in [6.45, 7) is 10.8. The van der Waals surface area contributed by atoms with Crippen molar-refractivity contribution in [2.24, 2.45) is 0 Å². The van der Waals surface area contributed by atoms with Gasteiger partial charge < -0.3 is 18.9 Å². The van der Waals surface area contributed by atoms with E-state index < -0.39 is 0 Å². The Morgan fingerprint density at radius 1 is 0.531 bits per heavy atom. The second-order valence-corrected chi connectivity index (χ2v) is 8.91. The van der Waals surface area contributed by atoms with Crippen molar-refractivity contribution >= 4 is 31.9 Å². The lowest BCUT2D eigenvalue weighted by Gasteiger charge is -2.13. The molecule has 0 heterocycles. The van der Waals surface area contributed by atoms with Crippen LogP contribution in [0.15, 0.2) is 33.2 Å². The fourth-order valence-electron chi connectivity index (χ4n) is 2.71. The van der Waals surface area contributed by atoms with Crippen molar-refractivity contribution in [2.75, 3.05) is 26.4 Å². The highest BCUT2D eigenvalue weighted by Gasteiger charge is 2.12. The molecule has 174 valence electrons. The molecule has 0 radical (unpaired) electrons. The lowest BCUT2D eigenvalue weighted by atomic mass is 10.1. The molecule has 0 bridgehead atoms. The Bertz CT molecular complexity index is 858. The third-order valence-electron chi connectivity index (χ3n) is 4.25. The highest BCUT2D eigenvalue weighted by Crippen LogP contribution is 2.35. The lowest BCUT2D eigenvalue weighted by Crippen LogP contribution is -2.01. The highest BCUT2D eigenvalue weighted by atomic mass is 79.9. The van der Waals surface area contributed by atoms with Gasteiger partial charge in [-0.3, -0.25) is 0 Å². The van der Waals surface area contributed by atoms with Crippen LogP contribution in [0.25, 0.3) is 0 Å². The molecule has 4 nitrogen and oxygen atoms in total. The minimum atomic E-state index is 0.619. The van der Waals surface area contributed by atoms with E-state index in [0.29, 0.717) is 26.4 Å². The van der Waals surface area contributed by atoms with Gasteiger partial charge in [0.15, 0.2) is 0 Å². The second kappa shape index (κ2) is 14.3. The Labute approximate surface area is 209 Å². The van der Waals surface area contributed by atoms with Gasteiger partial charge in [-0.25, -0.2) is 0 Å². The first kappa shape index (κ1) is 26.4. The summed E-state index contributed by atoms with van der Waals surface area (Å²) >= 11 is 7.17. The van der Waals surface area contributed by atoms with Crippen molar-refractivity contribution in [1.82, 2.24) is 0 Å². The van der Waals surface area contributed by atoms with Gasteiger partial charge >= 0.3 is 0 Å². The summed E-state index contributed by atoms with van der Waals surface area (Å²) in [5, 5.41) is 0. The summed E-state index contributed by atoms with van der Waals surface area (Å²) in [5.41, 5.74) is 1.54. The van der Waals surface area contributed by atoms with Crippen LogP contribution in [0.5, 0.6) is 23.0 Å². The Morgan fingerprint density at radius 3 is 1.16 bits per heavy atom. The van der Waals surface area contributed by atoms with E-state index in [0.717, 1.165) is 68.8 Å². The summed E-state index contributed by atoms with van der Waals surface area (Å²) in [7, 11) is 0. The van der Waals surface area contributed by atoms with E-state index in [2.05, 4.69) is 71.4 Å². The molecule has 0 fully saturated rings. The van der Waals surface area contributed by atoms with Crippen molar-refractivity contribution in [1.29, 1.82) is 0 Å². The van der Waals surface area contributed by atoms with Gasteiger partial charge in [-0.15, -0.1) is 0 Å². The fourth-order valence-corrected chi connectivity index (χ4v) is 3.58. The molecule has 2 rings (SSSR count). The maximum Gasteiger partial charge on any atom is 0.136 e. The number of hydrogen-bond donors (Lipinski definition) is 0. The molecular formula is C26H32Br2O4. The third kappa shape index (κ3) is 7.94. The van der Waals surface area contributed by atoms with Crippen LogP contribution in [-0.2, 0) is 0 Å². The number of benzene rings is 2. The Hall–Kier alpha value is -1.84. The average Bonchev–Trinajstić information content (AvgIpc) is 2.79. The lowest BCUT2D eigenvalue weighted by molar-refractivity contribution is 0.306. The summed E-state index contributed by atoms with van der Waals surface area (Å²) in [6, 6.07) is 7.71. The van der Waals surface area contributed by atoms with E-state index in [1.807, 2.05) is 24.3 Å². The molecule has 0 aromatic heterocycles. The Balaban J connectivity index is 2.50. The molecular weight excluding hydrogens is 536 g/mol. The molecule has 0 spiro atoms. The maximum absolute atomic E-state index is 5.95. The number of hydrogen-bond acceptors (Lipinski definition) is 4. The molecule has 32 heavy (non-hydrogen) atoms. The second-order valence-electron chi connectivity index (χ2n) is 7.20. The standard InChI is InChI=1S/C26H32Br2O4/c1-5-11-29-23-17-21(27)25(31-13-7-3)15-19(23)9-10-20-16-26(32-14-8-4)22(28)18-24(20)30-12-6-2/h15-18H,5-8,11-14H2,1-4H3. The predicted octanol–water partition coefficient (Wildman–Crippen LogP) is 7.77. The van der Waals surface area contributed by atoms with Crippen LogP contribution in [0.1, 0.15) is 64.5 Å². The van der Waals surface area contributed by atoms with Crippen LogP contribution in [-0.4, -0.2) is 26.4 Å². The van der Waals surface area contributed by atoms with Crippen molar-refractivity contribution in [3.63, 3.8) is 0 Å². The average molecular weight is 568 g/mol. The minimum Gasteiger partial charge on any atom is -0.492 e. The number of halogens is 2. The van der Waals surface area contributed by atoms with Gasteiger partial charge in [-0.2, -0.15) is 0 Å². The van der Waals surface area contributed by atoms with Crippen molar-refractivity contribution in [3.8, 4) is 34.8 Å². The summed E-state index contributed by atoms with van der Waals surface area (Å²) in [5.74, 6) is 9.52. The molecule has 2 aromatic carbocycles. The van der Waals surface area contributed by atoms with Gasteiger partial charge in [0, 0.05) is 12.1 Å². The van der Waals surface area contributed by atoms with Gasteiger partial charge in [0.1, 0.15) is 23.0 Å². The monoisotopic (exact) mass is 566 g/mol. The molecule has 0 amide bonds. The SMILES string of the molecule is CCCOc1cc(C#Cc2cc(OCCC)c(Br)cc2OCCC)c(OCCC)cc1Br. The predicted molar refractivity (Wildman–Crippen MR) is 137 cm³/mol. The van der Waals surface area contributed by atoms with Gasteiger partial charge in [-0.1, -0.05) is 39.5 Å². The quantitative estimate of drug-likeness (QED) is 0.245. The van der Waals surface area contributed by atoms with Gasteiger partial charge in [0.25, 0.3) is 0 Å². The van der Waals surface area contributed by atoms with E-state index in [1.165, 1.54) is 0 Å². The van der Waals surface area contributed by atoms with Gasteiger partial charge in [-0.05, 0) is 69.7 Å². The number of rotatable bonds is 12. The molecule has 0 aliphatic heterocycles.